The number of aromatic amines is 1. The van der Waals surface area contributed by atoms with Crippen molar-refractivity contribution in [3.05, 3.63) is 64.1 Å². The van der Waals surface area contributed by atoms with Crippen LogP contribution in [0, 0.1) is 0 Å². The van der Waals surface area contributed by atoms with Gasteiger partial charge in [-0.1, -0.05) is 24.3 Å². The number of aromatic nitrogens is 2. The molecule has 2 N–H and O–H groups in total. The first-order valence-corrected chi connectivity index (χ1v) is 9.89. The molecule has 0 radical (unpaired) electrons. The van der Waals surface area contributed by atoms with E-state index in [9.17, 15) is 9.59 Å². The summed E-state index contributed by atoms with van der Waals surface area (Å²) in [5.41, 5.74) is 5.15. The van der Waals surface area contributed by atoms with Crippen LogP contribution >= 0.6 is 0 Å². The molecular formula is C22H26N4O3. The highest BCUT2D eigenvalue weighted by Crippen LogP contribution is 2.24. The molecular weight excluding hydrogens is 368 g/mol. The number of likely N-dealkylation sites (N-methyl/N-ethyl adjacent to an activating group) is 1. The number of anilines is 1. The molecule has 0 spiro atoms. The molecule has 7 nitrogen and oxygen atoms in total. The maximum absolute atomic E-state index is 12.3. The molecule has 0 saturated carbocycles. The van der Waals surface area contributed by atoms with E-state index in [4.69, 9.17) is 0 Å². The third-order valence-corrected chi connectivity index (χ3v) is 5.71. The highest BCUT2D eigenvalue weighted by Gasteiger charge is 2.25. The van der Waals surface area contributed by atoms with Crippen molar-refractivity contribution < 1.29 is 9.53 Å². The molecule has 0 bridgehead atoms. The van der Waals surface area contributed by atoms with Crippen LogP contribution < -0.4 is 11.0 Å². The Hall–Kier alpha value is -3.06. The fourth-order valence-corrected chi connectivity index (χ4v) is 4.10. The number of hydrogen-bond acceptors (Lipinski definition) is 4. The van der Waals surface area contributed by atoms with Gasteiger partial charge in [0.25, 0.3) is 0 Å². The maximum atomic E-state index is 12.3. The van der Waals surface area contributed by atoms with Gasteiger partial charge in [0.15, 0.2) is 0 Å². The fourth-order valence-electron chi connectivity index (χ4n) is 4.10. The fraction of sp³-hybridized carbons (Fsp3) is 0.364. The highest BCUT2D eigenvalue weighted by atomic mass is 16.5. The number of hydrogen-bond donors (Lipinski definition) is 2. The summed E-state index contributed by atoms with van der Waals surface area (Å²) in [5, 5.41) is 2.66. The Bertz CT molecular complexity index is 1070. The minimum Gasteiger partial charge on any atom is -0.453 e. The largest absolute Gasteiger partial charge is 0.453 e. The van der Waals surface area contributed by atoms with E-state index >= 15 is 0 Å². The number of methoxy groups -OCH3 is 1. The number of benzene rings is 2. The molecule has 0 aliphatic carbocycles. The monoisotopic (exact) mass is 394 g/mol. The van der Waals surface area contributed by atoms with Crippen molar-refractivity contribution in [2.75, 3.05) is 26.0 Å². The van der Waals surface area contributed by atoms with Crippen molar-refractivity contribution in [2.45, 2.75) is 31.8 Å². The zero-order chi connectivity index (χ0) is 20.4. The number of carbonyl (C=O) groups excluding carboxylic acids is 1. The number of carbonyl (C=O) groups is 1. The second-order valence-corrected chi connectivity index (χ2v) is 7.61. The van der Waals surface area contributed by atoms with Crippen LogP contribution in [0.25, 0.3) is 11.0 Å². The molecule has 1 aliphatic rings. The van der Waals surface area contributed by atoms with Gasteiger partial charge in [0.1, 0.15) is 0 Å². The Labute approximate surface area is 169 Å². The Morgan fingerprint density at radius 2 is 2.07 bits per heavy atom. The normalized spacial score (nSPS) is 15.6. The number of para-hydroxylation sites is 1. The van der Waals surface area contributed by atoms with Gasteiger partial charge >= 0.3 is 11.8 Å². The minimum atomic E-state index is -0.466. The van der Waals surface area contributed by atoms with E-state index in [1.54, 1.807) is 0 Å². The van der Waals surface area contributed by atoms with Crippen molar-refractivity contribution in [1.29, 1.82) is 0 Å². The van der Waals surface area contributed by atoms with Gasteiger partial charge in [-0.05, 0) is 62.2 Å². The van der Waals surface area contributed by atoms with Crippen LogP contribution in [0.15, 0.2) is 47.3 Å². The number of rotatable bonds is 6. The van der Waals surface area contributed by atoms with Gasteiger partial charge in [-0.15, -0.1) is 0 Å². The molecule has 1 aliphatic heterocycles. The summed E-state index contributed by atoms with van der Waals surface area (Å²) in [4.78, 5) is 28.8. The molecule has 0 unspecified atom stereocenters. The summed E-state index contributed by atoms with van der Waals surface area (Å²) in [6.45, 7) is 1.68. The topological polar surface area (TPSA) is 79.4 Å². The lowest BCUT2D eigenvalue weighted by atomic mass is 9.99. The Kier molecular flexibility index (Phi) is 5.40. The summed E-state index contributed by atoms with van der Waals surface area (Å²) < 4.78 is 6.47. The number of nitrogens with one attached hydrogen (secondary N) is 2. The molecule has 0 saturated heterocycles. The lowest BCUT2D eigenvalue weighted by molar-refractivity contribution is 0.187. The van der Waals surface area contributed by atoms with Crippen LogP contribution in [0.4, 0.5) is 10.5 Å². The molecule has 152 valence electrons. The molecule has 2 aromatic carbocycles. The summed E-state index contributed by atoms with van der Waals surface area (Å²) in [6, 6.07) is 14.2. The predicted octanol–water partition coefficient (Wildman–Crippen LogP) is 3.00. The quantitative estimate of drug-likeness (QED) is 0.674. The highest BCUT2D eigenvalue weighted by molar-refractivity contribution is 5.84. The van der Waals surface area contributed by atoms with Gasteiger partial charge < -0.3 is 14.6 Å². The zero-order valence-corrected chi connectivity index (χ0v) is 16.8. The van der Waals surface area contributed by atoms with E-state index < -0.39 is 6.09 Å². The SMILES string of the molecule is COC(=O)Nc1ccc(CCCN(C)[C@H]2Cc3cccc4[nH]c(=O)n(c34)C2)cc1. The lowest BCUT2D eigenvalue weighted by Gasteiger charge is -2.31. The van der Waals surface area contributed by atoms with Crippen LogP contribution in [0.1, 0.15) is 17.5 Å². The standard InChI is InChI=1S/C22H26N4O3/c1-25(12-4-5-15-8-10-17(11-9-15)23-22(28)29-2)18-13-16-6-3-7-19-20(16)26(14-18)21(27)24-19/h3,6-11,18H,4-5,12-14H2,1-2H3,(H,23,28)(H,24,27)/t18-/m0/s1. The van der Waals surface area contributed by atoms with Crippen LogP contribution in [-0.4, -0.2) is 47.3 Å². The first-order valence-electron chi connectivity index (χ1n) is 9.89. The van der Waals surface area contributed by atoms with Gasteiger partial charge in [0.2, 0.25) is 0 Å². The van der Waals surface area contributed by atoms with Crippen LogP contribution in [-0.2, 0) is 24.1 Å². The van der Waals surface area contributed by atoms with Gasteiger partial charge in [-0.3, -0.25) is 9.88 Å². The van der Waals surface area contributed by atoms with E-state index in [1.165, 1.54) is 18.2 Å². The summed E-state index contributed by atoms with van der Waals surface area (Å²) in [5.74, 6) is 0. The molecule has 1 amide bonds. The van der Waals surface area contributed by atoms with Crippen molar-refractivity contribution in [3.63, 3.8) is 0 Å². The lowest BCUT2D eigenvalue weighted by Crippen LogP contribution is -2.42. The third kappa shape index (κ3) is 4.05. The first kappa shape index (κ1) is 19.3. The Morgan fingerprint density at radius 3 is 2.83 bits per heavy atom. The third-order valence-electron chi connectivity index (χ3n) is 5.71. The molecule has 4 rings (SSSR count). The van der Waals surface area contributed by atoms with Gasteiger partial charge in [-0.2, -0.15) is 0 Å². The summed E-state index contributed by atoms with van der Waals surface area (Å²) >= 11 is 0. The van der Waals surface area contributed by atoms with Crippen LogP contribution in [0.2, 0.25) is 0 Å². The molecule has 7 heteroatoms. The van der Waals surface area contributed by atoms with Crippen molar-refractivity contribution in [2.24, 2.45) is 0 Å². The molecule has 1 atom stereocenters. The smallest absolute Gasteiger partial charge is 0.411 e. The van der Waals surface area contributed by atoms with E-state index in [0.717, 1.165) is 49.1 Å². The zero-order valence-electron chi connectivity index (χ0n) is 16.8. The van der Waals surface area contributed by atoms with Crippen LogP contribution in [0.5, 0.6) is 0 Å². The first-order chi connectivity index (χ1) is 14.0. The Balaban J connectivity index is 1.32. The number of aryl methyl sites for hydroxylation is 1. The van der Waals surface area contributed by atoms with E-state index in [0.29, 0.717) is 6.04 Å². The van der Waals surface area contributed by atoms with Crippen LogP contribution in [0.3, 0.4) is 0 Å². The summed E-state index contributed by atoms with van der Waals surface area (Å²) in [7, 11) is 3.48. The van der Waals surface area contributed by atoms with E-state index in [2.05, 4.69) is 33.1 Å². The molecule has 1 aromatic heterocycles. The second kappa shape index (κ2) is 8.13. The molecule has 2 heterocycles. The van der Waals surface area contributed by atoms with Crippen molar-refractivity contribution in [3.8, 4) is 0 Å². The van der Waals surface area contributed by atoms with Crippen molar-refractivity contribution >= 4 is 22.8 Å². The van der Waals surface area contributed by atoms with Gasteiger partial charge in [-0.25, -0.2) is 9.59 Å². The number of amides is 1. The second-order valence-electron chi connectivity index (χ2n) is 7.61. The number of nitrogens with zero attached hydrogens (tertiary/aromatic N) is 2. The number of H-pyrrole nitrogens is 1. The number of imidazole rings is 1. The van der Waals surface area contributed by atoms with E-state index in [-0.39, 0.29) is 5.69 Å². The Morgan fingerprint density at radius 1 is 1.28 bits per heavy atom. The predicted molar refractivity (Wildman–Crippen MR) is 113 cm³/mol. The van der Waals surface area contributed by atoms with E-state index in [1.807, 2.05) is 41.0 Å². The minimum absolute atomic E-state index is 0.0220. The summed E-state index contributed by atoms with van der Waals surface area (Å²) in [6.07, 6.45) is 2.47. The maximum Gasteiger partial charge on any atom is 0.411 e. The average molecular weight is 394 g/mol. The molecule has 0 fully saturated rings. The number of ether oxygens (including phenoxy) is 1. The van der Waals surface area contributed by atoms with Crippen molar-refractivity contribution in [1.82, 2.24) is 14.5 Å². The average Bonchev–Trinajstić information content (AvgIpc) is 3.06. The molecule has 3 aromatic rings. The molecule has 29 heavy (non-hydrogen) atoms. The van der Waals surface area contributed by atoms with Gasteiger partial charge in [0, 0.05) is 18.3 Å². The van der Waals surface area contributed by atoms with Gasteiger partial charge in [0.05, 0.1) is 18.1 Å².